The second kappa shape index (κ2) is 7.56. The maximum Gasteiger partial charge on any atom is 0.341 e. The summed E-state index contributed by atoms with van der Waals surface area (Å²) in [5.41, 5.74) is 1.80. The lowest BCUT2D eigenvalue weighted by molar-refractivity contribution is -0.139. The van der Waals surface area contributed by atoms with Crippen molar-refractivity contribution in [3.8, 4) is 11.5 Å². The lowest BCUT2D eigenvalue weighted by Crippen LogP contribution is -2.10. The first-order chi connectivity index (χ1) is 10.6. The van der Waals surface area contributed by atoms with Gasteiger partial charge in [-0.2, -0.15) is 0 Å². The van der Waals surface area contributed by atoms with Gasteiger partial charge in [-0.05, 0) is 29.8 Å². The van der Waals surface area contributed by atoms with Crippen LogP contribution >= 0.6 is 11.6 Å². The third-order valence-electron chi connectivity index (χ3n) is 2.94. The Balaban J connectivity index is 2.06. The second-order valence-electron chi connectivity index (χ2n) is 4.50. The number of anilines is 1. The van der Waals surface area contributed by atoms with Gasteiger partial charge in [0, 0.05) is 6.54 Å². The van der Waals surface area contributed by atoms with Crippen molar-refractivity contribution in [2.24, 2.45) is 0 Å². The van der Waals surface area contributed by atoms with Crippen LogP contribution in [0.1, 0.15) is 5.56 Å². The quantitative estimate of drug-likeness (QED) is 0.818. The fourth-order valence-corrected chi connectivity index (χ4v) is 2.09. The Kier molecular flexibility index (Phi) is 5.49. The normalized spacial score (nSPS) is 10.1. The van der Waals surface area contributed by atoms with E-state index < -0.39 is 12.6 Å². The van der Waals surface area contributed by atoms with E-state index in [-0.39, 0.29) is 0 Å². The average molecular weight is 322 g/mol. The Labute approximate surface area is 133 Å². The summed E-state index contributed by atoms with van der Waals surface area (Å²) in [6.45, 7) is 0.146. The monoisotopic (exact) mass is 321 g/mol. The predicted octanol–water partition coefficient (Wildman–Crippen LogP) is 3.42. The van der Waals surface area contributed by atoms with Gasteiger partial charge in [0.05, 0.1) is 17.8 Å². The molecule has 0 spiro atoms. The van der Waals surface area contributed by atoms with E-state index in [0.717, 1.165) is 11.3 Å². The van der Waals surface area contributed by atoms with Crippen molar-refractivity contribution in [2.45, 2.75) is 6.54 Å². The maximum atomic E-state index is 10.5. The van der Waals surface area contributed by atoms with Crippen molar-refractivity contribution < 1.29 is 19.4 Å². The Morgan fingerprint density at radius 1 is 1.23 bits per heavy atom. The van der Waals surface area contributed by atoms with E-state index in [4.69, 9.17) is 26.2 Å². The minimum absolute atomic E-state index is 0.395. The molecule has 0 radical (unpaired) electrons. The van der Waals surface area contributed by atoms with Gasteiger partial charge in [-0.15, -0.1) is 0 Å². The summed E-state index contributed by atoms with van der Waals surface area (Å²) in [5.74, 6) is -0.155. The summed E-state index contributed by atoms with van der Waals surface area (Å²) in [5, 5.41) is 12.5. The molecule has 22 heavy (non-hydrogen) atoms. The van der Waals surface area contributed by atoms with Crippen LogP contribution in [0.15, 0.2) is 42.5 Å². The number of carbonyl (C=O) groups is 1. The molecule has 0 aliphatic carbocycles. The molecule has 0 aliphatic rings. The first kappa shape index (κ1) is 16.0. The summed E-state index contributed by atoms with van der Waals surface area (Å²) < 4.78 is 10.4. The fourth-order valence-electron chi connectivity index (χ4n) is 1.88. The molecule has 0 bridgehead atoms. The number of hydrogen-bond acceptors (Lipinski definition) is 4. The summed E-state index contributed by atoms with van der Waals surface area (Å²) in [7, 11) is 1.51. The molecule has 2 rings (SSSR count). The smallest absolute Gasteiger partial charge is 0.341 e. The number of aliphatic carboxylic acids is 1. The summed E-state index contributed by atoms with van der Waals surface area (Å²) in [6.07, 6.45) is 0. The van der Waals surface area contributed by atoms with Gasteiger partial charge >= 0.3 is 5.97 Å². The molecule has 0 saturated carbocycles. The first-order valence-corrected chi connectivity index (χ1v) is 6.98. The maximum absolute atomic E-state index is 10.5. The van der Waals surface area contributed by atoms with Crippen molar-refractivity contribution >= 4 is 23.3 Å². The number of benzene rings is 2. The molecule has 0 heterocycles. The van der Waals surface area contributed by atoms with Crippen molar-refractivity contribution in [1.82, 2.24) is 0 Å². The molecule has 2 N–H and O–H groups in total. The summed E-state index contributed by atoms with van der Waals surface area (Å²) in [6, 6.07) is 12.8. The standard InChI is InChI=1S/C16H16ClNO4/c1-21-15-8-11(6-7-14(15)22-10-16(19)20)9-18-13-5-3-2-4-12(13)17/h2-8,18H,9-10H2,1H3,(H,19,20). The van der Waals surface area contributed by atoms with E-state index in [9.17, 15) is 4.79 Å². The van der Waals surface area contributed by atoms with Gasteiger partial charge in [0.25, 0.3) is 0 Å². The molecular formula is C16H16ClNO4. The zero-order valence-electron chi connectivity index (χ0n) is 12.0. The molecule has 0 amide bonds. The number of hydrogen-bond donors (Lipinski definition) is 2. The molecule has 0 aliphatic heterocycles. The van der Waals surface area contributed by atoms with Crippen molar-refractivity contribution in [1.29, 1.82) is 0 Å². The largest absolute Gasteiger partial charge is 0.493 e. The van der Waals surface area contributed by atoms with Crippen LogP contribution < -0.4 is 14.8 Å². The fraction of sp³-hybridized carbons (Fsp3) is 0.188. The third kappa shape index (κ3) is 4.30. The van der Waals surface area contributed by atoms with Crippen molar-refractivity contribution in [2.75, 3.05) is 19.0 Å². The Bertz CT molecular complexity index is 660. The van der Waals surface area contributed by atoms with E-state index in [1.165, 1.54) is 7.11 Å². The number of para-hydroxylation sites is 1. The average Bonchev–Trinajstić information content (AvgIpc) is 2.52. The third-order valence-corrected chi connectivity index (χ3v) is 3.27. The molecule has 2 aromatic rings. The zero-order valence-corrected chi connectivity index (χ0v) is 12.8. The number of carboxylic acids is 1. The van der Waals surface area contributed by atoms with Crippen LogP contribution in [0.2, 0.25) is 5.02 Å². The van der Waals surface area contributed by atoms with Gasteiger partial charge in [-0.25, -0.2) is 4.79 Å². The van der Waals surface area contributed by atoms with Gasteiger partial charge in [-0.3, -0.25) is 0 Å². The Morgan fingerprint density at radius 2 is 2.00 bits per heavy atom. The van der Waals surface area contributed by atoms with Crippen LogP contribution in [0, 0.1) is 0 Å². The summed E-state index contributed by atoms with van der Waals surface area (Å²) >= 11 is 6.08. The molecule has 6 heteroatoms. The zero-order chi connectivity index (χ0) is 15.9. The van der Waals surface area contributed by atoms with Crippen LogP contribution in [0.25, 0.3) is 0 Å². The highest BCUT2D eigenvalue weighted by atomic mass is 35.5. The van der Waals surface area contributed by atoms with E-state index >= 15 is 0 Å². The van der Waals surface area contributed by atoms with E-state index in [0.29, 0.717) is 23.1 Å². The molecule has 0 saturated heterocycles. The number of ether oxygens (including phenoxy) is 2. The molecule has 116 valence electrons. The molecule has 2 aromatic carbocycles. The Hall–Kier alpha value is -2.40. The number of nitrogens with one attached hydrogen (secondary N) is 1. The van der Waals surface area contributed by atoms with Gasteiger partial charge in [0.15, 0.2) is 18.1 Å². The van der Waals surface area contributed by atoms with Crippen LogP contribution in [-0.2, 0) is 11.3 Å². The molecular weight excluding hydrogens is 306 g/mol. The van der Waals surface area contributed by atoms with E-state index in [1.54, 1.807) is 12.1 Å². The molecule has 5 nitrogen and oxygen atoms in total. The topological polar surface area (TPSA) is 67.8 Å². The predicted molar refractivity (Wildman–Crippen MR) is 84.9 cm³/mol. The highest BCUT2D eigenvalue weighted by Crippen LogP contribution is 2.29. The van der Waals surface area contributed by atoms with Crippen molar-refractivity contribution in [3.63, 3.8) is 0 Å². The molecule has 0 unspecified atom stereocenters. The van der Waals surface area contributed by atoms with E-state index in [1.807, 2.05) is 30.3 Å². The SMILES string of the molecule is COc1cc(CNc2ccccc2Cl)ccc1OCC(=O)O. The summed E-state index contributed by atoms with van der Waals surface area (Å²) in [4.78, 5) is 10.5. The number of halogens is 1. The highest BCUT2D eigenvalue weighted by molar-refractivity contribution is 6.33. The minimum atomic E-state index is -1.04. The first-order valence-electron chi connectivity index (χ1n) is 6.60. The molecule has 0 aromatic heterocycles. The van der Waals surface area contributed by atoms with Crippen LogP contribution in [0.4, 0.5) is 5.69 Å². The lowest BCUT2D eigenvalue weighted by atomic mass is 10.2. The van der Waals surface area contributed by atoms with E-state index in [2.05, 4.69) is 5.32 Å². The lowest BCUT2D eigenvalue weighted by Gasteiger charge is -2.12. The van der Waals surface area contributed by atoms with Crippen LogP contribution in [0.3, 0.4) is 0 Å². The second-order valence-corrected chi connectivity index (χ2v) is 4.91. The minimum Gasteiger partial charge on any atom is -0.493 e. The van der Waals surface area contributed by atoms with Gasteiger partial charge in [0.2, 0.25) is 0 Å². The molecule has 0 atom stereocenters. The van der Waals surface area contributed by atoms with Gasteiger partial charge in [-0.1, -0.05) is 29.8 Å². The van der Waals surface area contributed by atoms with Crippen molar-refractivity contribution in [3.05, 3.63) is 53.1 Å². The van der Waals surface area contributed by atoms with Gasteiger partial charge < -0.3 is 19.9 Å². The van der Waals surface area contributed by atoms with Gasteiger partial charge in [0.1, 0.15) is 0 Å². The Morgan fingerprint density at radius 3 is 2.68 bits per heavy atom. The number of methoxy groups -OCH3 is 1. The number of carboxylic acid groups (broad SMARTS) is 1. The van der Waals surface area contributed by atoms with Crippen LogP contribution in [0.5, 0.6) is 11.5 Å². The number of rotatable bonds is 7. The highest BCUT2D eigenvalue weighted by Gasteiger charge is 2.08. The molecule has 0 fully saturated rings. The van der Waals surface area contributed by atoms with Crippen LogP contribution in [-0.4, -0.2) is 24.8 Å².